The van der Waals surface area contributed by atoms with Gasteiger partial charge in [-0.25, -0.2) is 4.99 Å². The van der Waals surface area contributed by atoms with Crippen molar-refractivity contribution in [2.75, 3.05) is 14.1 Å². The van der Waals surface area contributed by atoms with Crippen LogP contribution in [0.3, 0.4) is 0 Å². The fraction of sp³-hybridized carbons (Fsp3) is 0.550. The maximum absolute atomic E-state index is 5.91. The van der Waals surface area contributed by atoms with Crippen LogP contribution < -0.4 is 11.5 Å². The number of nitrogens with two attached hydrogens (primary N) is 2. The van der Waals surface area contributed by atoms with Crippen molar-refractivity contribution < 1.29 is 0 Å². The van der Waals surface area contributed by atoms with Crippen molar-refractivity contribution in [3.63, 3.8) is 0 Å². The third kappa shape index (κ3) is 10.4. The van der Waals surface area contributed by atoms with Crippen molar-refractivity contribution in [1.29, 1.82) is 0 Å². The lowest BCUT2D eigenvalue weighted by atomic mass is 10.0. The molecule has 140 valence electrons. The van der Waals surface area contributed by atoms with E-state index in [9.17, 15) is 0 Å². The lowest BCUT2D eigenvalue weighted by Crippen LogP contribution is -2.21. The van der Waals surface area contributed by atoms with E-state index in [-0.39, 0.29) is 0 Å². The fourth-order valence-electron chi connectivity index (χ4n) is 2.48. The third-order valence-corrected chi connectivity index (χ3v) is 4.70. The van der Waals surface area contributed by atoms with E-state index in [0.717, 1.165) is 16.0 Å². The van der Waals surface area contributed by atoms with E-state index in [2.05, 4.69) is 46.6 Å². The molecule has 0 fully saturated rings. The van der Waals surface area contributed by atoms with Crippen molar-refractivity contribution in [3.8, 4) is 0 Å². The summed E-state index contributed by atoms with van der Waals surface area (Å²) in [6, 6.07) is 8.32. The quantitative estimate of drug-likeness (QED) is 0.166. The Morgan fingerprint density at radius 2 is 1.68 bits per heavy atom. The molecule has 1 aromatic rings. The lowest BCUT2D eigenvalue weighted by molar-refractivity contribution is 0.506. The normalized spacial score (nSPS) is 13.8. The maximum Gasteiger partial charge on any atom is 0.127 e. The van der Waals surface area contributed by atoms with Gasteiger partial charge in [0.15, 0.2) is 0 Å². The van der Waals surface area contributed by atoms with Crippen molar-refractivity contribution in [2.45, 2.75) is 55.8 Å². The van der Waals surface area contributed by atoms with Gasteiger partial charge in [0, 0.05) is 24.1 Å². The van der Waals surface area contributed by atoms with Gasteiger partial charge < -0.3 is 16.4 Å². The van der Waals surface area contributed by atoms with E-state index in [4.69, 9.17) is 11.5 Å². The molecule has 4 nitrogen and oxygen atoms in total. The number of nitrogens with zero attached hydrogens (tertiary/aromatic N) is 2. The summed E-state index contributed by atoms with van der Waals surface area (Å²) in [4.78, 5) is 6.18. The fourth-order valence-corrected chi connectivity index (χ4v) is 2.92. The highest BCUT2D eigenvalue weighted by Crippen LogP contribution is 2.16. The average molecular weight is 456 g/mol. The topological polar surface area (TPSA) is 67.6 Å². The molecule has 0 amide bonds. The lowest BCUT2D eigenvalue weighted by Gasteiger charge is -2.11. The van der Waals surface area contributed by atoms with Gasteiger partial charge in [-0.1, -0.05) is 67.3 Å². The van der Waals surface area contributed by atoms with Crippen LogP contribution in [0.4, 0.5) is 5.69 Å². The highest BCUT2D eigenvalue weighted by molar-refractivity contribution is 14.1. The SMILES string of the molecule is CC(I)CCCCCCCc1ccc(N=C(N)C=C(N)N(C)C)cc1. The molecule has 0 aliphatic heterocycles. The summed E-state index contributed by atoms with van der Waals surface area (Å²) in [6.45, 7) is 2.29. The van der Waals surface area contributed by atoms with E-state index in [0.29, 0.717) is 11.7 Å². The highest BCUT2D eigenvalue weighted by Gasteiger charge is 1.99. The smallest absolute Gasteiger partial charge is 0.127 e. The van der Waals surface area contributed by atoms with Crippen molar-refractivity contribution in [3.05, 3.63) is 41.7 Å². The van der Waals surface area contributed by atoms with Gasteiger partial charge in [-0.2, -0.15) is 0 Å². The summed E-state index contributed by atoms with van der Waals surface area (Å²) in [5.41, 5.74) is 14.0. The Morgan fingerprint density at radius 3 is 2.28 bits per heavy atom. The van der Waals surface area contributed by atoms with Crippen LogP contribution in [0.15, 0.2) is 41.2 Å². The second kappa shape index (κ2) is 12.2. The molecule has 1 rings (SSSR count). The predicted octanol–water partition coefficient (Wildman–Crippen LogP) is 4.74. The summed E-state index contributed by atoms with van der Waals surface area (Å²) in [7, 11) is 3.75. The van der Waals surface area contributed by atoms with Crippen LogP contribution in [0.5, 0.6) is 0 Å². The zero-order chi connectivity index (χ0) is 18.7. The molecular weight excluding hydrogens is 423 g/mol. The van der Waals surface area contributed by atoms with Crippen LogP contribution in [-0.2, 0) is 6.42 Å². The number of unbranched alkanes of at least 4 members (excludes halogenated alkanes) is 4. The summed E-state index contributed by atoms with van der Waals surface area (Å²) >= 11 is 2.51. The van der Waals surface area contributed by atoms with E-state index in [1.54, 1.807) is 11.0 Å². The second-order valence-corrected chi connectivity index (χ2v) is 8.88. The molecule has 0 heterocycles. The minimum atomic E-state index is 0.416. The van der Waals surface area contributed by atoms with Crippen LogP contribution in [-0.4, -0.2) is 28.8 Å². The molecule has 0 bridgehead atoms. The molecule has 5 heteroatoms. The van der Waals surface area contributed by atoms with Crippen LogP contribution in [0.25, 0.3) is 0 Å². The zero-order valence-electron chi connectivity index (χ0n) is 15.8. The van der Waals surface area contributed by atoms with Crippen molar-refractivity contribution >= 4 is 34.1 Å². The molecule has 0 saturated heterocycles. The first kappa shape index (κ1) is 21.8. The van der Waals surface area contributed by atoms with E-state index >= 15 is 0 Å². The zero-order valence-corrected chi connectivity index (χ0v) is 18.0. The van der Waals surface area contributed by atoms with Gasteiger partial charge in [-0.05, 0) is 37.0 Å². The number of rotatable bonds is 11. The summed E-state index contributed by atoms with van der Waals surface area (Å²) in [5, 5.41) is 0. The Balaban J connectivity index is 2.35. The van der Waals surface area contributed by atoms with Gasteiger partial charge >= 0.3 is 0 Å². The minimum Gasteiger partial charge on any atom is -0.385 e. The number of hydrogen-bond acceptors (Lipinski definition) is 3. The number of amidine groups is 1. The van der Waals surface area contributed by atoms with Gasteiger partial charge in [0.1, 0.15) is 11.7 Å². The molecule has 0 spiro atoms. The van der Waals surface area contributed by atoms with E-state index in [1.807, 2.05) is 26.2 Å². The third-order valence-electron chi connectivity index (χ3n) is 4.07. The van der Waals surface area contributed by atoms with Gasteiger partial charge in [0.2, 0.25) is 0 Å². The molecule has 0 aromatic heterocycles. The molecule has 0 aliphatic carbocycles. The van der Waals surface area contributed by atoms with Crippen molar-refractivity contribution in [2.24, 2.45) is 16.5 Å². The van der Waals surface area contributed by atoms with Crippen LogP contribution >= 0.6 is 22.6 Å². The van der Waals surface area contributed by atoms with E-state index in [1.165, 1.54) is 44.1 Å². The Kier molecular flexibility index (Phi) is 10.6. The molecule has 1 unspecified atom stereocenters. The summed E-state index contributed by atoms with van der Waals surface area (Å²) in [6.07, 6.45) is 10.8. The maximum atomic E-state index is 5.91. The highest BCUT2D eigenvalue weighted by atomic mass is 127. The molecular formula is C20H33IN4. The van der Waals surface area contributed by atoms with E-state index < -0.39 is 0 Å². The largest absolute Gasteiger partial charge is 0.385 e. The first-order valence-electron chi connectivity index (χ1n) is 9.10. The molecule has 1 aromatic carbocycles. The number of aliphatic imine (C=N–C) groups is 1. The predicted molar refractivity (Wildman–Crippen MR) is 119 cm³/mol. The molecule has 4 N–H and O–H groups in total. The number of halogens is 1. The number of benzene rings is 1. The Labute approximate surface area is 166 Å². The number of hydrogen-bond donors (Lipinski definition) is 2. The Hall–Kier alpha value is -1.24. The standard InChI is InChI=1S/C20H33IN4/c1-16(21)9-7-5-4-6-8-10-17-11-13-18(14-12-17)24-19(22)15-20(23)25(2)3/h11-16H,4-10,23H2,1-3H3,(H2,22,24). The monoisotopic (exact) mass is 456 g/mol. The van der Waals surface area contributed by atoms with Crippen LogP contribution in [0.2, 0.25) is 0 Å². The van der Waals surface area contributed by atoms with Gasteiger partial charge in [0.05, 0.1) is 5.69 Å². The Morgan fingerprint density at radius 1 is 1.08 bits per heavy atom. The number of alkyl halides is 1. The number of aryl methyl sites for hydroxylation is 1. The van der Waals surface area contributed by atoms with Crippen molar-refractivity contribution in [1.82, 2.24) is 4.90 Å². The molecule has 0 aliphatic rings. The second-order valence-electron chi connectivity index (χ2n) is 6.75. The molecule has 0 saturated carbocycles. The van der Waals surface area contributed by atoms with Gasteiger partial charge in [-0.3, -0.25) is 0 Å². The average Bonchev–Trinajstić information content (AvgIpc) is 2.55. The molecule has 1 atom stereocenters. The molecule has 0 radical (unpaired) electrons. The van der Waals surface area contributed by atoms with Gasteiger partial charge in [-0.15, -0.1) is 0 Å². The summed E-state index contributed by atoms with van der Waals surface area (Å²) < 4.78 is 0.808. The minimum absolute atomic E-state index is 0.416. The summed E-state index contributed by atoms with van der Waals surface area (Å²) in [5.74, 6) is 1.01. The first-order valence-corrected chi connectivity index (χ1v) is 10.3. The first-order chi connectivity index (χ1) is 11.9. The van der Waals surface area contributed by atoms with Crippen LogP contribution in [0, 0.1) is 0 Å². The molecule has 25 heavy (non-hydrogen) atoms. The Bertz CT molecular complexity index is 547. The van der Waals surface area contributed by atoms with Gasteiger partial charge in [0.25, 0.3) is 0 Å². The van der Waals surface area contributed by atoms with Crippen LogP contribution in [0.1, 0.15) is 51.0 Å².